The summed E-state index contributed by atoms with van der Waals surface area (Å²) in [6.07, 6.45) is 1.77. The van der Waals surface area contributed by atoms with Gasteiger partial charge in [0.05, 0.1) is 0 Å². The van der Waals surface area contributed by atoms with Crippen LogP contribution < -0.4 is 0 Å². The summed E-state index contributed by atoms with van der Waals surface area (Å²) in [4.78, 5) is 0. The van der Waals surface area contributed by atoms with Crippen molar-refractivity contribution in [2.24, 2.45) is 0 Å². The van der Waals surface area contributed by atoms with Gasteiger partial charge in [0, 0.05) is 0 Å². The van der Waals surface area contributed by atoms with Crippen LogP contribution in [0.3, 0.4) is 0 Å². The first-order valence-electron chi connectivity index (χ1n) is 8.16. The molecule has 0 aromatic heterocycles. The predicted molar refractivity (Wildman–Crippen MR) is 93.8 cm³/mol. The van der Waals surface area contributed by atoms with Gasteiger partial charge in [-0.3, -0.25) is 0 Å². The lowest BCUT2D eigenvalue weighted by Crippen LogP contribution is -2.28. The summed E-state index contributed by atoms with van der Waals surface area (Å²) in [5.41, 5.74) is 2.97. The molecule has 0 unspecified atom stereocenters. The maximum atomic E-state index is 10.0. The summed E-state index contributed by atoms with van der Waals surface area (Å²) in [6, 6.07) is 6.31. The molecule has 0 heterocycles. The van der Waals surface area contributed by atoms with Gasteiger partial charge in [0.1, 0.15) is 0 Å². The van der Waals surface area contributed by atoms with Gasteiger partial charge in [-0.2, -0.15) is 0 Å². The fourth-order valence-corrected chi connectivity index (χ4v) is 3.61. The lowest BCUT2D eigenvalue weighted by molar-refractivity contribution is 0.362. The van der Waals surface area contributed by atoms with Crippen molar-refractivity contribution in [3.8, 4) is 34.1 Å². The maximum absolute atomic E-state index is 10.0. The van der Waals surface area contributed by atoms with Crippen LogP contribution >= 0.6 is 0 Å². The molecule has 0 amide bonds. The fourth-order valence-electron chi connectivity index (χ4n) is 3.61. The summed E-state index contributed by atoms with van der Waals surface area (Å²) in [5, 5.41) is 40.0. The fraction of sp³-hybridized carbons (Fsp3) is 0.400. The molecule has 24 heavy (non-hydrogen) atoms. The van der Waals surface area contributed by atoms with E-state index in [0.29, 0.717) is 0 Å². The second-order valence-corrected chi connectivity index (χ2v) is 8.04. The molecular weight excluding hydrogens is 304 g/mol. The van der Waals surface area contributed by atoms with Gasteiger partial charge in [-0.05, 0) is 70.2 Å². The highest BCUT2D eigenvalue weighted by Crippen LogP contribution is 2.50. The van der Waals surface area contributed by atoms with Crippen molar-refractivity contribution >= 4 is 0 Å². The van der Waals surface area contributed by atoms with E-state index in [0.717, 1.165) is 35.1 Å². The Kier molecular flexibility index (Phi) is 3.48. The van der Waals surface area contributed by atoms with Crippen LogP contribution in [-0.4, -0.2) is 20.4 Å². The Morgan fingerprint density at radius 3 is 1.21 bits per heavy atom. The van der Waals surface area contributed by atoms with Gasteiger partial charge < -0.3 is 20.4 Å². The Labute approximate surface area is 142 Å². The van der Waals surface area contributed by atoms with Crippen molar-refractivity contribution in [2.45, 2.75) is 51.4 Å². The molecule has 4 heteroatoms. The maximum Gasteiger partial charge on any atom is 0.158 e. The van der Waals surface area contributed by atoms with E-state index in [2.05, 4.69) is 27.7 Å². The Morgan fingerprint density at radius 2 is 0.875 bits per heavy atom. The third-order valence-corrected chi connectivity index (χ3v) is 5.35. The molecule has 0 radical (unpaired) electrons. The Bertz CT molecular complexity index is 749. The molecule has 1 aliphatic rings. The average molecular weight is 328 g/mol. The van der Waals surface area contributed by atoms with E-state index in [4.69, 9.17) is 0 Å². The first-order valence-corrected chi connectivity index (χ1v) is 8.16. The van der Waals surface area contributed by atoms with Crippen molar-refractivity contribution in [3.63, 3.8) is 0 Å². The van der Waals surface area contributed by atoms with E-state index < -0.39 is 0 Å². The largest absolute Gasteiger partial charge is 0.504 e. The van der Waals surface area contributed by atoms with Crippen molar-refractivity contribution in [1.82, 2.24) is 0 Å². The van der Waals surface area contributed by atoms with E-state index in [9.17, 15) is 20.4 Å². The van der Waals surface area contributed by atoms with Gasteiger partial charge in [0.25, 0.3) is 0 Å². The van der Waals surface area contributed by atoms with E-state index in [1.165, 1.54) is 0 Å². The van der Waals surface area contributed by atoms with Gasteiger partial charge in [0.15, 0.2) is 23.0 Å². The minimum absolute atomic E-state index is 0.147. The van der Waals surface area contributed by atoms with Gasteiger partial charge in [-0.15, -0.1) is 0 Å². The second kappa shape index (κ2) is 5.07. The Hall–Kier alpha value is -2.36. The lowest BCUT2D eigenvalue weighted by Gasteiger charge is -2.38. The summed E-state index contributed by atoms with van der Waals surface area (Å²) in [6.45, 7) is 8.46. The topological polar surface area (TPSA) is 80.9 Å². The van der Waals surface area contributed by atoms with E-state index in [-0.39, 0.29) is 33.8 Å². The van der Waals surface area contributed by atoms with Crippen LogP contribution in [-0.2, 0) is 10.8 Å². The zero-order valence-electron chi connectivity index (χ0n) is 14.5. The highest BCUT2D eigenvalue weighted by atomic mass is 16.3. The predicted octanol–water partition coefficient (Wildman–Crippen LogP) is 4.53. The highest BCUT2D eigenvalue weighted by molar-refractivity contribution is 5.78. The second-order valence-electron chi connectivity index (χ2n) is 8.04. The molecule has 0 spiro atoms. The normalized spacial score (nSPS) is 18.2. The number of rotatable bonds is 0. The number of phenols is 4. The number of hydrogen-bond acceptors (Lipinski definition) is 4. The SMILES string of the molecule is CC1(C)CCC(C)(C)c2cc(O)c(O)cc2-c2cc(O)c(O)cc21. The smallest absolute Gasteiger partial charge is 0.158 e. The van der Waals surface area contributed by atoms with Crippen molar-refractivity contribution in [2.75, 3.05) is 0 Å². The third-order valence-electron chi connectivity index (χ3n) is 5.35. The van der Waals surface area contributed by atoms with Crippen molar-refractivity contribution < 1.29 is 20.4 Å². The van der Waals surface area contributed by atoms with Gasteiger partial charge in [-0.25, -0.2) is 0 Å². The van der Waals surface area contributed by atoms with Crippen LogP contribution in [0.1, 0.15) is 51.7 Å². The molecule has 0 atom stereocenters. The Balaban J connectivity index is 2.44. The standard InChI is InChI=1S/C20H24O4/c1-19(2)5-6-20(3,4)14-10-18(24)16(22)8-12(14)11-7-15(21)17(23)9-13(11)19/h7-10,21-24H,5-6H2,1-4H3. The zero-order chi connectivity index (χ0) is 17.9. The molecule has 2 aromatic rings. The molecule has 0 aliphatic heterocycles. The van der Waals surface area contributed by atoms with Crippen molar-refractivity contribution in [3.05, 3.63) is 35.4 Å². The van der Waals surface area contributed by atoms with Crippen LogP contribution in [0.2, 0.25) is 0 Å². The monoisotopic (exact) mass is 328 g/mol. The molecule has 4 nitrogen and oxygen atoms in total. The van der Waals surface area contributed by atoms with Crippen LogP contribution in [0.25, 0.3) is 11.1 Å². The molecule has 3 rings (SSSR count). The molecule has 2 aromatic carbocycles. The Morgan fingerprint density at radius 1 is 0.583 bits per heavy atom. The van der Waals surface area contributed by atoms with E-state index in [1.807, 2.05) is 0 Å². The number of hydrogen-bond donors (Lipinski definition) is 4. The van der Waals surface area contributed by atoms with Crippen LogP contribution in [0.5, 0.6) is 23.0 Å². The van der Waals surface area contributed by atoms with Gasteiger partial charge in [0.2, 0.25) is 0 Å². The minimum atomic E-state index is -0.205. The molecule has 4 N–H and O–H groups in total. The number of aromatic hydroxyl groups is 4. The minimum Gasteiger partial charge on any atom is -0.504 e. The van der Waals surface area contributed by atoms with Crippen LogP contribution in [0.4, 0.5) is 0 Å². The first kappa shape index (κ1) is 16.5. The van der Waals surface area contributed by atoms with Gasteiger partial charge in [-0.1, -0.05) is 27.7 Å². The summed E-state index contributed by atoms with van der Waals surface area (Å²) < 4.78 is 0. The average Bonchev–Trinajstić information content (AvgIpc) is 2.49. The summed E-state index contributed by atoms with van der Waals surface area (Å²) in [5.74, 6) is -0.680. The molecular formula is C20H24O4. The molecule has 0 saturated carbocycles. The van der Waals surface area contributed by atoms with Gasteiger partial charge >= 0.3 is 0 Å². The molecule has 0 bridgehead atoms. The number of fused-ring (bicyclic) bond motifs is 3. The molecule has 0 fully saturated rings. The number of benzene rings is 2. The molecule has 128 valence electrons. The van der Waals surface area contributed by atoms with Crippen LogP contribution in [0, 0.1) is 0 Å². The highest BCUT2D eigenvalue weighted by Gasteiger charge is 2.35. The first-order chi connectivity index (χ1) is 11.0. The zero-order valence-corrected chi connectivity index (χ0v) is 14.5. The molecule has 0 saturated heterocycles. The van der Waals surface area contributed by atoms with Crippen molar-refractivity contribution in [1.29, 1.82) is 0 Å². The van der Waals surface area contributed by atoms with Crippen LogP contribution in [0.15, 0.2) is 24.3 Å². The van der Waals surface area contributed by atoms with E-state index >= 15 is 0 Å². The quantitative estimate of drug-likeness (QED) is 0.536. The number of phenolic OH excluding ortho intramolecular Hbond substituents is 4. The summed E-state index contributed by atoms with van der Waals surface area (Å²) >= 11 is 0. The lowest BCUT2D eigenvalue weighted by atomic mass is 9.66. The molecule has 1 aliphatic carbocycles. The summed E-state index contributed by atoms with van der Waals surface area (Å²) in [7, 11) is 0. The van der Waals surface area contributed by atoms with E-state index in [1.54, 1.807) is 24.3 Å². The third kappa shape index (κ3) is 2.46.